The lowest BCUT2D eigenvalue weighted by molar-refractivity contribution is 0.835. The number of para-hydroxylation sites is 1. The van der Waals surface area contributed by atoms with Crippen LogP contribution in [0.5, 0.6) is 0 Å². The number of aliphatic imine (C=N–C) groups is 1. The lowest BCUT2D eigenvalue weighted by atomic mass is 9.92. The van der Waals surface area contributed by atoms with Crippen molar-refractivity contribution in [3.8, 4) is 11.1 Å². The van der Waals surface area contributed by atoms with Gasteiger partial charge in [-0.1, -0.05) is 94.4 Å². The molecule has 0 fully saturated rings. The van der Waals surface area contributed by atoms with Crippen LogP contribution in [0.2, 0.25) is 0 Å². The summed E-state index contributed by atoms with van der Waals surface area (Å²) in [5.41, 5.74) is 9.95. The second-order valence-corrected chi connectivity index (χ2v) is 7.65. The highest BCUT2D eigenvalue weighted by Gasteiger charge is 2.25. The van der Waals surface area contributed by atoms with Gasteiger partial charge in [-0.15, -0.1) is 0 Å². The van der Waals surface area contributed by atoms with E-state index in [4.69, 9.17) is 4.99 Å². The molecule has 0 aliphatic heterocycles. The number of nitrogens with zero attached hydrogens (tertiary/aromatic N) is 1. The zero-order chi connectivity index (χ0) is 18.3. The van der Waals surface area contributed by atoms with Crippen molar-refractivity contribution < 1.29 is 0 Å². The van der Waals surface area contributed by atoms with E-state index in [2.05, 4.69) is 94.4 Å². The standard InChI is InChI=1S/C25H25N/c1-16(2)18-14-9-15-19(17(3)4)24(18)26-25-22-12-7-5-10-20(22)21-11-6-8-13-23(21)25/h5-17H,1-4H3. The van der Waals surface area contributed by atoms with Gasteiger partial charge in [0.15, 0.2) is 0 Å². The van der Waals surface area contributed by atoms with Crippen LogP contribution in [0.15, 0.2) is 71.7 Å². The Morgan fingerprint density at radius 3 is 1.38 bits per heavy atom. The normalized spacial score (nSPS) is 12.5. The van der Waals surface area contributed by atoms with Crippen LogP contribution in [0, 0.1) is 0 Å². The van der Waals surface area contributed by atoms with E-state index in [-0.39, 0.29) is 0 Å². The van der Waals surface area contributed by atoms with Crippen LogP contribution in [0.25, 0.3) is 11.1 Å². The predicted molar refractivity (Wildman–Crippen MR) is 112 cm³/mol. The molecule has 0 amide bonds. The minimum Gasteiger partial charge on any atom is -0.247 e. The Labute approximate surface area is 156 Å². The van der Waals surface area contributed by atoms with E-state index in [9.17, 15) is 0 Å². The Balaban J connectivity index is 2.01. The molecule has 0 radical (unpaired) electrons. The summed E-state index contributed by atoms with van der Waals surface area (Å²) in [7, 11) is 0. The molecule has 0 N–H and O–H groups in total. The first-order chi connectivity index (χ1) is 12.6. The Bertz CT molecular complexity index is 919. The molecule has 0 spiro atoms. The maximum atomic E-state index is 5.30. The number of benzene rings is 3. The molecule has 3 aromatic rings. The lowest BCUT2D eigenvalue weighted by Gasteiger charge is -2.17. The van der Waals surface area contributed by atoms with Crippen LogP contribution in [-0.4, -0.2) is 5.71 Å². The monoisotopic (exact) mass is 339 g/mol. The van der Waals surface area contributed by atoms with Crippen LogP contribution in [0.4, 0.5) is 5.69 Å². The average Bonchev–Trinajstić information content (AvgIpc) is 2.96. The summed E-state index contributed by atoms with van der Waals surface area (Å²) in [5, 5.41) is 0. The molecule has 0 saturated carbocycles. The van der Waals surface area contributed by atoms with Crippen molar-refractivity contribution in [1.82, 2.24) is 0 Å². The minimum atomic E-state index is 0.444. The highest BCUT2D eigenvalue weighted by molar-refractivity contribution is 6.25. The van der Waals surface area contributed by atoms with Crippen LogP contribution in [0.3, 0.4) is 0 Å². The van der Waals surface area contributed by atoms with Crippen molar-refractivity contribution in [2.24, 2.45) is 4.99 Å². The summed E-state index contributed by atoms with van der Waals surface area (Å²) in [6, 6.07) is 23.9. The van der Waals surface area contributed by atoms with Gasteiger partial charge in [0.1, 0.15) is 0 Å². The van der Waals surface area contributed by atoms with Gasteiger partial charge < -0.3 is 0 Å². The summed E-state index contributed by atoms with van der Waals surface area (Å²) in [4.78, 5) is 5.30. The first-order valence-electron chi connectivity index (χ1n) is 9.48. The molecule has 1 aliphatic rings. The fraction of sp³-hybridized carbons (Fsp3) is 0.240. The van der Waals surface area contributed by atoms with Gasteiger partial charge in [0.2, 0.25) is 0 Å². The smallest absolute Gasteiger partial charge is 0.0794 e. The SMILES string of the molecule is CC(C)c1cccc(C(C)C)c1N=C1c2ccccc2-c2ccccc21. The van der Waals surface area contributed by atoms with Gasteiger partial charge in [-0.05, 0) is 34.1 Å². The van der Waals surface area contributed by atoms with E-state index >= 15 is 0 Å². The maximum absolute atomic E-state index is 5.30. The van der Waals surface area contributed by atoms with E-state index in [1.807, 2.05) is 0 Å². The first kappa shape index (κ1) is 16.8. The molecule has 0 saturated heterocycles. The molecule has 0 bridgehead atoms. The van der Waals surface area contributed by atoms with Crippen molar-refractivity contribution in [2.75, 3.05) is 0 Å². The molecule has 0 heterocycles. The zero-order valence-electron chi connectivity index (χ0n) is 16.0. The van der Waals surface area contributed by atoms with Crippen molar-refractivity contribution in [1.29, 1.82) is 0 Å². The van der Waals surface area contributed by atoms with Crippen LogP contribution >= 0.6 is 0 Å². The summed E-state index contributed by atoms with van der Waals surface area (Å²) < 4.78 is 0. The fourth-order valence-electron chi connectivity index (χ4n) is 3.87. The van der Waals surface area contributed by atoms with Crippen molar-refractivity contribution in [3.05, 3.63) is 89.0 Å². The van der Waals surface area contributed by atoms with Crippen molar-refractivity contribution in [3.63, 3.8) is 0 Å². The Hall–Kier alpha value is -2.67. The van der Waals surface area contributed by atoms with E-state index in [0.717, 1.165) is 11.4 Å². The summed E-state index contributed by atoms with van der Waals surface area (Å²) in [6.45, 7) is 9.00. The predicted octanol–water partition coefficient (Wildman–Crippen LogP) is 7.08. The fourth-order valence-corrected chi connectivity index (χ4v) is 3.87. The molecule has 1 nitrogen and oxygen atoms in total. The van der Waals surface area contributed by atoms with Crippen molar-refractivity contribution >= 4 is 11.4 Å². The van der Waals surface area contributed by atoms with Crippen LogP contribution in [-0.2, 0) is 0 Å². The zero-order valence-corrected chi connectivity index (χ0v) is 16.0. The largest absolute Gasteiger partial charge is 0.247 e. The van der Waals surface area contributed by atoms with E-state index in [1.54, 1.807) is 0 Å². The van der Waals surface area contributed by atoms with Gasteiger partial charge in [0.25, 0.3) is 0 Å². The molecule has 1 heteroatoms. The molecule has 0 unspecified atom stereocenters. The second-order valence-electron chi connectivity index (χ2n) is 7.65. The average molecular weight is 339 g/mol. The van der Waals surface area contributed by atoms with Crippen LogP contribution in [0.1, 0.15) is 61.8 Å². The Morgan fingerprint density at radius 2 is 0.962 bits per heavy atom. The third kappa shape index (κ3) is 2.68. The van der Waals surface area contributed by atoms with Gasteiger partial charge in [-0.3, -0.25) is 0 Å². The third-order valence-corrected chi connectivity index (χ3v) is 5.22. The number of hydrogen-bond donors (Lipinski definition) is 0. The van der Waals surface area contributed by atoms with E-state index < -0.39 is 0 Å². The first-order valence-corrected chi connectivity index (χ1v) is 9.48. The maximum Gasteiger partial charge on any atom is 0.0794 e. The van der Waals surface area contributed by atoms with Crippen molar-refractivity contribution in [2.45, 2.75) is 39.5 Å². The molecule has 1 aliphatic carbocycles. The number of fused-ring (bicyclic) bond motifs is 3. The van der Waals surface area contributed by atoms with Gasteiger partial charge in [0, 0.05) is 11.1 Å². The molecular weight excluding hydrogens is 314 g/mol. The Morgan fingerprint density at radius 1 is 0.538 bits per heavy atom. The van der Waals surface area contributed by atoms with Gasteiger partial charge in [0.05, 0.1) is 11.4 Å². The summed E-state index contributed by atoms with van der Waals surface area (Å²) >= 11 is 0. The van der Waals surface area contributed by atoms with Gasteiger partial charge in [-0.25, -0.2) is 4.99 Å². The quantitative estimate of drug-likeness (QED) is 0.378. The third-order valence-electron chi connectivity index (χ3n) is 5.22. The molecule has 0 atom stereocenters. The van der Waals surface area contributed by atoms with Crippen LogP contribution < -0.4 is 0 Å². The molecular formula is C25H25N. The highest BCUT2D eigenvalue weighted by Crippen LogP contribution is 2.40. The Kier molecular flexibility index (Phi) is 4.24. The van der Waals surface area contributed by atoms with E-state index in [0.29, 0.717) is 11.8 Å². The number of rotatable bonds is 3. The van der Waals surface area contributed by atoms with E-state index in [1.165, 1.54) is 33.4 Å². The van der Waals surface area contributed by atoms with Gasteiger partial charge in [-0.2, -0.15) is 0 Å². The molecule has 4 rings (SSSR count). The lowest BCUT2D eigenvalue weighted by Crippen LogP contribution is -2.01. The molecule has 26 heavy (non-hydrogen) atoms. The minimum absolute atomic E-state index is 0.444. The number of hydrogen-bond acceptors (Lipinski definition) is 1. The topological polar surface area (TPSA) is 12.4 Å². The summed E-state index contributed by atoms with van der Waals surface area (Å²) in [6.07, 6.45) is 0. The highest BCUT2D eigenvalue weighted by atomic mass is 14.8. The second kappa shape index (κ2) is 6.57. The molecule has 3 aromatic carbocycles. The summed E-state index contributed by atoms with van der Waals surface area (Å²) in [5.74, 6) is 0.889. The molecule has 0 aromatic heterocycles. The van der Waals surface area contributed by atoms with Gasteiger partial charge >= 0.3 is 0 Å². The molecule has 130 valence electrons.